The van der Waals surface area contributed by atoms with Crippen molar-refractivity contribution in [2.75, 3.05) is 6.54 Å². The SMILES string of the molecule is CC[C@@H]1C=CCN1C(=O)c1c(C)cc(C)[nH]c1=O. The van der Waals surface area contributed by atoms with Crippen molar-refractivity contribution in [3.63, 3.8) is 0 Å². The number of nitrogens with one attached hydrogen (secondary N) is 1. The number of nitrogens with zero attached hydrogens (tertiary/aromatic N) is 1. The molecule has 18 heavy (non-hydrogen) atoms. The highest BCUT2D eigenvalue weighted by atomic mass is 16.2. The standard InChI is InChI=1S/C14H18N2O2/c1-4-11-6-5-7-16(11)14(18)12-9(2)8-10(3)15-13(12)17/h5-6,8,11H,4,7H2,1-3H3,(H,15,17)/t11-/m1/s1. The Bertz CT molecular complexity index is 557. The minimum Gasteiger partial charge on any atom is -0.328 e. The van der Waals surface area contributed by atoms with Crippen molar-refractivity contribution in [3.8, 4) is 0 Å². The normalized spacial score (nSPS) is 18.4. The minimum absolute atomic E-state index is 0.109. The summed E-state index contributed by atoms with van der Waals surface area (Å²) in [5.41, 5.74) is 1.49. The molecule has 4 heteroatoms. The Labute approximate surface area is 106 Å². The summed E-state index contributed by atoms with van der Waals surface area (Å²) in [5, 5.41) is 0. The molecule has 2 heterocycles. The van der Waals surface area contributed by atoms with Crippen LogP contribution >= 0.6 is 0 Å². The van der Waals surface area contributed by atoms with Crippen LogP contribution in [-0.2, 0) is 0 Å². The Morgan fingerprint density at radius 1 is 1.50 bits per heavy atom. The fraction of sp³-hybridized carbons (Fsp3) is 0.429. The fourth-order valence-corrected chi connectivity index (χ4v) is 2.42. The summed E-state index contributed by atoms with van der Waals surface area (Å²) in [6.45, 7) is 6.24. The molecule has 1 aliphatic rings. The Balaban J connectivity index is 2.38. The predicted molar refractivity (Wildman–Crippen MR) is 70.8 cm³/mol. The lowest BCUT2D eigenvalue weighted by molar-refractivity contribution is 0.0745. The first-order valence-electron chi connectivity index (χ1n) is 6.22. The highest BCUT2D eigenvalue weighted by Crippen LogP contribution is 2.17. The van der Waals surface area contributed by atoms with Gasteiger partial charge in [-0.15, -0.1) is 0 Å². The highest BCUT2D eigenvalue weighted by Gasteiger charge is 2.27. The van der Waals surface area contributed by atoms with E-state index in [1.807, 2.05) is 32.1 Å². The first-order chi connectivity index (χ1) is 8.54. The van der Waals surface area contributed by atoms with Crippen molar-refractivity contribution >= 4 is 5.91 Å². The number of amides is 1. The number of hydrogen-bond acceptors (Lipinski definition) is 2. The first kappa shape index (κ1) is 12.6. The van der Waals surface area contributed by atoms with Crippen molar-refractivity contribution < 1.29 is 4.79 Å². The molecule has 0 saturated carbocycles. The van der Waals surface area contributed by atoms with Crippen molar-refractivity contribution in [2.45, 2.75) is 33.2 Å². The van der Waals surface area contributed by atoms with Crippen LogP contribution in [0.4, 0.5) is 0 Å². The third-order valence-electron chi connectivity index (χ3n) is 3.32. The molecule has 1 atom stereocenters. The van der Waals surface area contributed by atoms with Gasteiger partial charge in [0.05, 0.1) is 6.04 Å². The van der Waals surface area contributed by atoms with Crippen molar-refractivity contribution in [2.24, 2.45) is 0 Å². The molecule has 1 amide bonds. The number of pyridine rings is 1. The van der Waals surface area contributed by atoms with Gasteiger partial charge in [0.1, 0.15) is 5.56 Å². The monoisotopic (exact) mass is 246 g/mol. The number of carbonyl (C=O) groups is 1. The van der Waals surface area contributed by atoms with Crippen LogP contribution in [0.1, 0.15) is 35.0 Å². The van der Waals surface area contributed by atoms with Gasteiger partial charge in [-0.1, -0.05) is 19.1 Å². The van der Waals surface area contributed by atoms with E-state index in [0.717, 1.165) is 17.7 Å². The molecule has 0 fully saturated rings. The summed E-state index contributed by atoms with van der Waals surface area (Å²) in [6.07, 6.45) is 4.87. The molecule has 0 spiro atoms. The Morgan fingerprint density at radius 3 is 2.83 bits per heavy atom. The number of carbonyl (C=O) groups excluding carboxylic acids is 1. The average molecular weight is 246 g/mol. The van der Waals surface area contributed by atoms with E-state index in [4.69, 9.17) is 0 Å². The number of aryl methyl sites for hydroxylation is 2. The van der Waals surface area contributed by atoms with Gasteiger partial charge in [-0.25, -0.2) is 0 Å². The van der Waals surface area contributed by atoms with E-state index < -0.39 is 0 Å². The van der Waals surface area contributed by atoms with Crippen molar-refractivity contribution in [1.29, 1.82) is 0 Å². The topological polar surface area (TPSA) is 53.2 Å². The smallest absolute Gasteiger partial charge is 0.261 e. The van der Waals surface area contributed by atoms with E-state index in [1.54, 1.807) is 11.8 Å². The molecule has 1 N–H and O–H groups in total. The average Bonchev–Trinajstić information content (AvgIpc) is 2.75. The van der Waals surface area contributed by atoms with Crippen LogP contribution < -0.4 is 5.56 Å². The second-order valence-electron chi connectivity index (χ2n) is 4.70. The molecule has 0 radical (unpaired) electrons. The third kappa shape index (κ3) is 2.10. The van der Waals surface area contributed by atoms with E-state index in [0.29, 0.717) is 6.54 Å². The lowest BCUT2D eigenvalue weighted by atomic mass is 10.1. The molecule has 0 bridgehead atoms. The summed E-state index contributed by atoms with van der Waals surface area (Å²) >= 11 is 0. The van der Waals surface area contributed by atoms with Crippen LogP contribution in [0.25, 0.3) is 0 Å². The number of hydrogen-bond donors (Lipinski definition) is 1. The van der Waals surface area contributed by atoms with Gasteiger partial charge in [-0.3, -0.25) is 9.59 Å². The number of H-pyrrole nitrogens is 1. The molecule has 0 aromatic carbocycles. The lowest BCUT2D eigenvalue weighted by Gasteiger charge is -2.24. The van der Waals surface area contributed by atoms with Crippen LogP contribution in [-0.4, -0.2) is 28.4 Å². The number of aromatic amines is 1. The summed E-state index contributed by atoms with van der Waals surface area (Å²) in [6, 6.07) is 1.94. The molecule has 96 valence electrons. The molecular formula is C14H18N2O2. The lowest BCUT2D eigenvalue weighted by Crippen LogP contribution is -2.39. The summed E-state index contributed by atoms with van der Waals surface area (Å²) < 4.78 is 0. The zero-order valence-electron chi connectivity index (χ0n) is 11.0. The van der Waals surface area contributed by atoms with Crippen LogP contribution in [0, 0.1) is 13.8 Å². The Morgan fingerprint density at radius 2 is 2.22 bits per heavy atom. The summed E-state index contributed by atoms with van der Waals surface area (Å²) in [4.78, 5) is 28.8. The van der Waals surface area contributed by atoms with E-state index >= 15 is 0 Å². The largest absolute Gasteiger partial charge is 0.328 e. The molecule has 0 saturated heterocycles. The van der Waals surface area contributed by atoms with Gasteiger partial charge in [0.2, 0.25) is 0 Å². The third-order valence-corrected chi connectivity index (χ3v) is 3.32. The molecule has 1 aromatic rings. The van der Waals surface area contributed by atoms with Gasteiger partial charge < -0.3 is 9.88 Å². The molecule has 1 aromatic heterocycles. The van der Waals surface area contributed by atoms with E-state index in [1.165, 1.54) is 0 Å². The number of rotatable bonds is 2. The summed E-state index contributed by atoms with van der Waals surface area (Å²) in [5.74, 6) is -0.175. The van der Waals surface area contributed by atoms with E-state index in [2.05, 4.69) is 4.98 Å². The van der Waals surface area contributed by atoms with Crippen molar-refractivity contribution in [1.82, 2.24) is 9.88 Å². The maximum absolute atomic E-state index is 12.4. The zero-order valence-corrected chi connectivity index (χ0v) is 11.0. The van der Waals surface area contributed by atoms with E-state index in [-0.39, 0.29) is 23.1 Å². The highest BCUT2D eigenvalue weighted by molar-refractivity contribution is 5.96. The van der Waals surface area contributed by atoms with Gasteiger partial charge >= 0.3 is 0 Å². The van der Waals surface area contributed by atoms with Gasteiger partial charge in [0.15, 0.2) is 0 Å². The van der Waals surface area contributed by atoms with Crippen LogP contribution in [0.2, 0.25) is 0 Å². The maximum atomic E-state index is 12.4. The van der Waals surface area contributed by atoms with Crippen LogP contribution in [0.15, 0.2) is 23.0 Å². The molecule has 2 rings (SSSR count). The second-order valence-corrected chi connectivity index (χ2v) is 4.70. The van der Waals surface area contributed by atoms with Gasteiger partial charge in [0.25, 0.3) is 11.5 Å². The second kappa shape index (κ2) is 4.80. The van der Waals surface area contributed by atoms with Crippen molar-refractivity contribution in [3.05, 3.63) is 45.4 Å². The fourth-order valence-electron chi connectivity index (χ4n) is 2.42. The number of aromatic nitrogens is 1. The Kier molecular flexibility index (Phi) is 3.36. The molecule has 4 nitrogen and oxygen atoms in total. The van der Waals surface area contributed by atoms with Crippen LogP contribution in [0.5, 0.6) is 0 Å². The molecule has 0 unspecified atom stereocenters. The van der Waals surface area contributed by atoms with Gasteiger partial charge in [0, 0.05) is 12.2 Å². The molecule has 1 aliphatic heterocycles. The van der Waals surface area contributed by atoms with Gasteiger partial charge in [-0.2, -0.15) is 0 Å². The minimum atomic E-state index is -0.292. The predicted octanol–water partition coefficient (Wildman–Crippen LogP) is 1.78. The first-order valence-corrected chi connectivity index (χ1v) is 6.22. The molecular weight excluding hydrogens is 228 g/mol. The zero-order chi connectivity index (χ0) is 13.3. The van der Waals surface area contributed by atoms with Gasteiger partial charge in [-0.05, 0) is 31.9 Å². The quantitative estimate of drug-likeness (QED) is 0.809. The summed E-state index contributed by atoms with van der Waals surface area (Å²) in [7, 11) is 0. The van der Waals surface area contributed by atoms with E-state index in [9.17, 15) is 9.59 Å². The molecule has 0 aliphatic carbocycles. The Hall–Kier alpha value is -1.84. The maximum Gasteiger partial charge on any atom is 0.261 e. The van der Waals surface area contributed by atoms with Crippen LogP contribution in [0.3, 0.4) is 0 Å².